The molecule has 2 aliphatic rings. The molecule has 200 valence electrons. The highest BCUT2D eigenvalue weighted by Gasteiger charge is 2.27. The molecule has 0 saturated carbocycles. The first-order chi connectivity index (χ1) is 20.7. The Hall–Kier alpha value is -5.41. The number of rotatable bonds is 4. The van der Waals surface area contributed by atoms with Crippen LogP contribution in [0.15, 0.2) is 133 Å². The van der Waals surface area contributed by atoms with Crippen LogP contribution in [0.2, 0.25) is 0 Å². The van der Waals surface area contributed by atoms with E-state index in [-0.39, 0.29) is 6.03 Å². The molecule has 0 atom stereocenters. The van der Waals surface area contributed by atoms with Gasteiger partial charge in [0.25, 0.3) is 0 Å². The molecule has 3 nitrogen and oxygen atoms in total. The highest BCUT2D eigenvalue weighted by atomic mass is 16.2. The molecule has 2 N–H and O–H groups in total. The summed E-state index contributed by atoms with van der Waals surface area (Å²) in [5, 5.41) is 6.67. The van der Waals surface area contributed by atoms with E-state index in [1.165, 1.54) is 33.4 Å². The molecule has 8 rings (SSSR count). The van der Waals surface area contributed by atoms with Crippen LogP contribution >= 0.6 is 0 Å². The predicted molar refractivity (Wildman–Crippen MR) is 173 cm³/mol. The molecule has 0 fully saturated rings. The molecule has 0 unspecified atom stereocenters. The van der Waals surface area contributed by atoms with Crippen molar-refractivity contribution in [2.24, 2.45) is 0 Å². The van der Waals surface area contributed by atoms with Crippen LogP contribution in [0.1, 0.15) is 22.3 Å². The number of carbonyl (C=O) groups excluding carboxylic acids is 1. The Morgan fingerprint density at radius 1 is 0.405 bits per heavy atom. The standard InChI is InChI=1S/C39H28N2O/c42-39(40-37-31(25-11-3-1-4-12-25)19-21-33-29-17-9-7-15-27(29)23-35(33)37)41-38-32(26-13-5-2-6-14-26)20-22-34-30-18-10-8-16-28(30)24-36(34)38/h1-22H,23-24H2,(H2,40,41,42). The Morgan fingerprint density at radius 2 is 0.786 bits per heavy atom. The van der Waals surface area contributed by atoms with Crippen molar-refractivity contribution in [3.05, 3.63) is 156 Å². The summed E-state index contributed by atoms with van der Waals surface area (Å²) in [5.74, 6) is 0. The lowest BCUT2D eigenvalue weighted by molar-refractivity contribution is 0.262. The summed E-state index contributed by atoms with van der Waals surface area (Å²) in [7, 11) is 0. The van der Waals surface area contributed by atoms with Gasteiger partial charge in [0.15, 0.2) is 0 Å². The summed E-state index contributed by atoms with van der Waals surface area (Å²) in [6, 6.07) is 46.1. The van der Waals surface area contributed by atoms with Crippen molar-refractivity contribution in [1.82, 2.24) is 0 Å². The Labute approximate surface area is 245 Å². The van der Waals surface area contributed by atoms with Gasteiger partial charge in [-0.1, -0.05) is 133 Å². The molecule has 0 heterocycles. The third-order valence-electron chi connectivity index (χ3n) is 8.62. The van der Waals surface area contributed by atoms with E-state index in [1.54, 1.807) is 0 Å². The number of urea groups is 1. The highest BCUT2D eigenvalue weighted by Crippen LogP contribution is 2.46. The maximum atomic E-state index is 14.1. The van der Waals surface area contributed by atoms with Gasteiger partial charge in [0, 0.05) is 24.0 Å². The number of fused-ring (bicyclic) bond motifs is 6. The summed E-state index contributed by atoms with van der Waals surface area (Å²) in [6.45, 7) is 0. The van der Waals surface area contributed by atoms with Gasteiger partial charge in [-0.3, -0.25) is 0 Å². The van der Waals surface area contributed by atoms with Crippen molar-refractivity contribution in [1.29, 1.82) is 0 Å². The second kappa shape index (κ2) is 9.90. The number of benzene rings is 6. The summed E-state index contributed by atoms with van der Waals surface area (Å²) in [6.07, 6.45) is 1.57. The minimum absolute atomic E-state index is 0.238. The van der Waals surface area contributed by atoms with Crippen LogP contribution in [0.5, 0.6) is 0 Å². The second-order valence-electron chi connectivity index (χ2n) is 11.0. The van der Waals surface area contributed by atoms with E-state index < -0.39 is 0 Å². The third-order valence-corrected chi connectivity index (χ3v) is 8.62. The van der Waals surface area contributed by atoms with Gasteiger partial charge in [0.2, 0.25) is 0 Å². The van der Waals surface area contributed by atoms with Gasteiger partial charge in [-0.25, -0.2) is 4.79 Å². The van der Waals surface area contributed by atoms with Gasteiger partial charge in [-0.2, -0.15) is 0 Å². The van der Waals surface area contributed by atoms with Crippen LogP contribution in [0.25, 0.3) is 44.5 Å². The lowest BCUT2D eigenvalue weighted by Crippen LogP contribution is -2.22. The van der Waals surface area contributed by atoms with Crippen LogP contribution in [0.4, 0.5) is 16.2 Å². The normalized spacial score (nSPS) is 12.2. The molecule has 6 aromatic carbocycles. The van der Waals surface area contributed by atoms with Gasteiger partial charge in [0.05, 0.1) is 11.4 Å². The molecule has 2 amide bonds. The lowest BCUT2D eigenvalue weighted by atomic mass is 9.95. The molecule has 0 saturated heterocycles. The zero-order valence-corrected chi connectivity index (χ0v) is 23.0. The SMILES string of the molecule is O=C(Nc1c(-c2ccccc2)ccc2c1Cc1ccccc1-2)Nc1c(-c2ccccc2)ccc2c1Cc1ccccc1-2. The van der Waals surface area contributed by atoms with Gasteiger partial charge in [-0.15, -0.1) is 0 Å². The molecule has 3 heteroatoms. The number of amides is 2. The van der Waals surface area contributed by atoms with Crippen molar-refractivity contribution in [2.45, 2.75) is 12.8 Å². The van der Waals surface area contributed by atoms with Crippen molar-refractivity contribution >= 4 is 17.4 Å². The van der Waals surface area contributed by atoms with E-state index in [2.05, 4.69) is 108 Å². The van der Waals surface area contributed by atoms with E-state index in [0.29, 0.717) is 0 Å². The summed E-state index contributed by atoms with van der Waals surface area (Å²) >= 11 is 0. The summed E-state index contributed by atoms with van der Waals surface area (Å²) in [5.41, 5.74) is 15.6. The molecule has 42 heavy (non-hydrogen) atoms. The van der Waals surface area contributed by atoms with E-state index >= 15 is 0 Å². The monoisotopic (exact) mass is 540 g/mol. The third kappa shape index (κ3) is 4.02. The number of hydrogen-bond donors (Lipinski definition) is 2. The van der Waals surface area contributed by atoms with Crippen LogP contribution < -0.4 is 10.6 Å². The minimum Gasteiger partial charge on any atom is -0.307 e. The van der Waals surface area contributed by atoms with Crippen molar-refractivity contribution in [2.75, 3.05) is 10.6 Å². The Bertz CT molecular complexity index is 1850. The predicted octanol–water partition coefficient (Wildman–Crippen LogP) is 9.81. The number of carbonyl (C=O) groups is 1. The molecule has 0 radical (unpaired) electrons. The van der Waals surface area contributed by atoms with Gasteiger partial charge in [0.1, 0.15) is 0 Å². The topological polar surface area (TPSA) is 41.1 Å². The fourth-order valence-electron chi connectivity index (χ4n) is 6.68. The zero-order valence-electron chi connectivity index (χ0n) is 23.0. The van der Waals surface area contributed by atoms with Crippen LogP contribution in [-0.4, -0.2) is 6.03 Å². The molecular formula is C39H28N2O. The smallest absolute Gasteiger partial charge is 0.307 e. The van der Waals surface area contributed by atoms with E-state index in [9.17, 15) is 4.79 Å². The van der Waals surface area contributed by atoms with E-state index in [4.69, 9.17) is 0 Å². The number of nitrogens with one attached hydrogen (secondary N) is 2. The number of anilines is 2. The molecule has 0 aromatic heterocycles. The molecule has 0 spiro atoms. The first-order valence-corrected chi connectivity index (χ1v) is 14.4. The average Bonchev–Trinajstić information content (AvgIpc) is 3.61. The van der Waals surface area contributed by atoms with Crippen LogP contribution in [-0.2, 0) is 12.8 Å². The van der Waals surface area contributed by atoms with Gasteiger partial charge < -0.3 is 10.6 Å². The first-order valence-electron chi connectivity index (χ1n) is 14.4. The minimum atomic E-state index is -0.238. The fourth-order valence-corrected chi connectivity index (χ4v) is 6.68. The maximum absolute atomic E-state index is 14.1. The molecule has 0 bridgehead atoms. The van der Waals surface area contributed by atoms with Crippen LogP contribution in [0, 0.1) is 0 Å². The van der Waals surface area contributed by atoms with Crippen molar-refractivity contribution in [3.8, 4) is 44.5 Å². The van der Waals surface area contributed by atoms with Crippen molar-refractivity contribution < 1.29 is 4.79 Å². The van der Waals surface area contributed by atoms with Gasteiger partial charge >= 0.3 is 6.03 Å². The Morgan fingerprint density at radius 3 is 1.24 bits per heavy atom. The molecule has 0 aliphatic heterocycles. The first kappa shape index (κ1) is 24.4. The lowest BCUT2D eigenvalue weighted by Gasteiger charge is -2.20. The van der Waals surface area contributed by atoms with Crippen LogP contribution in [0.3, 0.4) is 0 Å². The largest absolute Gasteiger partial charge is 0.323 e. The zero-order chi connectivity index (χ0) is 28.0. The fraction of sp³-hybridized carbons (Fsp3) is 0.0513. The van der Waals surface area contributed by atoms with Crippen molar-refractivity contribution in [3.63, 3.8) is 0 Å². The highest BCUT2D eigenvalue weighted by molar-refractivity contribution is 6.08. The maximum Gasteiger partial charge on any atom is 0.323 e. The molecular weight excluding hydrogens is 512 g/mol. The summed E-state index contributed by atoms with van der Waals surface area (Å²) in [4.78, 5) is 14.1. The summed E-state index contributed by atoms with van der Waals surface area (Å²) < 4.78 is 0. The second-order valence-corrected chi connectivity index (χ2v) is 11.0. The Kier molecular flexibility index (Phi) is 5.75. The average molecular weight is 541 g/mol. The Balaban J connectivity index is 1.22. The van der Waals surface area contributed by atoms with E-state index in [1.807, 2.05) is 36.4 Å². The number of hydrogen-bond acceptors (Lipinski definition) is 1. The molecule has 6 aromatic rings. The molecule has 2 aliphatic carbocycles. The van der Waals surface area contributed by atoms with Gasteiger partial charge in [-0.05, 0) is 55.6 Å². The van der Waals surface area contributed by atoms with E-state index in [0.717, 1.165) is 57.6 Å². The quantitative estimate of drug-likeness (QED) is 0.229.